The second-order valence-electron chi connectivity index (χ2n) is 8.13. The number of pyridine rings is 1. The van der Waals surface area contributed by atoms with Gasteiger partial charge >= 0.3 is 0 Å². The quantitative estimate of drug-likeness (QED) is 0.848. The van der Waals surface area contributed by atoms with E-state index in [2.05, 4.69) is 15.2 Å². The van der Waals surface area contributed by atoms with Crippen LogP contribution in [-0.4, -0.2) is 85.4 Å². The Labute approximate surface area is 161 Å². The van der Waals surface area contributed by atoms with Crippen LogP contribution in [0.4, 0.5) is 5.82 Å². The van der Waals surface area contributed by atoms with E-state index in [1.807, 2.05) is 23.9 Å². The Bertz CT molecular complexity index is 693. The highest BCUT2D eigenvalue weighted by molar-refractivity contribution is 5.95. The van der Waals surface area contributed by atoms with Gasteiger partial charge in [0.1, 0.15) is 5.82 Å². The third kappa shape index (κ3) is 4.58. The highest BCUT2D eigenvalue weighted by Crippen LogP contribution is 2.39. The van der Waals surface area contributed by atoms with Crippen LogP contribution in [0.25, 0.3) is 0 Å². The molecule has 7 heteroatoms. The molecule has 27 heavy (non-hydrogen) atoms. The summed E-state index contributed by atoms with van der Waals surface area (Å²) in [6.45, 7) is 3.91. The number of likely N-dealkylation sites (N-methyl/N-ethyl adjacent to an activating group) is 1. The predicted octanol–water partition coefficient (Wildman–Crippen LogP) is 1.53. The molecule has 0 saturated carbocycles. The van der Waals surface area contributed by atoms with E-state index in [1.165, 1.54) is 0 Å². The Morgan fingerprint density at radius 2 is 2.15 bits per heavy atom. The van der Waals surface area contributed by atoms with Crippen LogP contribution < -0.4 is 5.32 Å². The molecule has 2 aliphatic rings. The molecule has 1 aromatic heterocycles. The molecule has 1 atom stereocenters. The third-order valence-corrected chi connectivity index (χ3v) is 5.78. The lowest BCUT2D eigenvalue weighted by Gasteiger charge is -2.48. The molecular weight excluding hydrogens is 342 g/mol. The van der Waals surface area contributed by atoms with Crippen molar-refractivity contribution in [2.75, 3.05) is 59.2 Å². The van der Waals surface area contributed by atoms with E-state index in [0.29, 0.717) is 17.8 Å². The molecule has 0 aliphatic carbocycles. The van der Waals surface area contributed by atoms with Gasteiger partial charge in [0.05, 0.1) is 0 Å². The normalized spacial score (nSPS) is 23.2. The highest BCUT2D eigenvalue weighted by Gasteiger charge is 2.42. The predicted molar refractivity (Wildman–Crippen MR) is 106 cm³/mol. The van der Waals surface area contributed by atoms with Crippen molar-refractivity contribution < 1.29 is 9.59 Å². The first kappa shape index (κ1) is 19.6. The zero-order chi connectivity index (χ0) is 19.4. The maximum Gasteiger partial charge on any atom is 0.254 e. The number of anilines is 1. The number of amides is 2. The number of carbonyl (C=O) groups excluding carboxylic acids is 2. The first-order chi connectivity index (χ1) is 12.9. The summed E-state index contributed by atoms with van der Waals surface area (Å²) in [5.74, 6) is 1.01. The van der Waals surface area contributed by atoms with E-state index in [4.69, 9.17) is 0 Å². The minimum Gasteiger partial charge on any atom is -0.373 e. The van der Waals surface area contributed by atoms with Crippen molar-refractivity contribution in [2.45, 2.75) is 25.7 Å². The fourth-order valence-corrected chi connectivity index (χ4v) is 4.22. The number of likely N-dealkylation sites (tertiary alicyclic amines) is 2. The minimum atomic E-state index is 0.0347. The number of hydrogen-bond donors (Lipinski definition) is 1. The van der Waals surface area contributed by atoms with Crippen molar-refractivity contribution in [2.24, 2.45) is 5.41 Å². The topological polar surface area (TPSA) is 68.8 Å². The molecule has 3 rings (SSSR count). The summed E-state index contributed by atoms with van der Waals surface area (Å²) in [4.78, 5) is 35.7. The van der Waals surface area contributed by atoms with Crippen LogP contribution in [0.3, 0.4) is 0 Å². The summed E-state index contributed by atoms with van der Waals surface area (Å²) in [7, 11) is 5.85. The summed E-state index contributed by atoms with van der Waals surface area (Å²) in [5.41, 5.74) is 0.704. The van der Waals surface area contributed by atoms with E-state index in [-0.39, 0.29) is 17.2 Å². The molecule has 0 unspecified atom stereocenters. The van der Waals surface area contributed by atoms with Gasteiger partial charge in [0, 0.05) is 63.4 Å². The van der Waals surface area contributed by atoms with Crippen molar-refractivity contribution in [1.82, 2.24) is 19.7 Å². The maximum absolute atomic E-state index is 13.0. The smallest absolute Gasteiger partial charge is 0.254 e. The van der Waals surface area contributed by atoms with Gasteiger partial charge in [-0.1, -0.05) is 0 Å². The minimum absolute atomic E-state index is 0.0347. The molecular formula is C20H31N5O2. The average molecular weight is 374 g/mol. The number of rotatable bonds is 5. The van der Waals surface area contributed by atoms with Crippen LogP contribution in [0.1, 0.15) is 36.0 Å². The Balaban J connectivity index is 1.70. The van der Waals surface area contributed by atoms with Crippen molar-refractivity contribution in [3.05, 3.63) is 23.9 Å². The Hall–Kier alpha value is -2.15. The van der Waals surface area contributed by atoms with Gasteiger partial charge in [-0.2, -0.15) is 0 Å². The Kier molecular flexibility index (Phi) is 5.99. The van der Waals surface area contributed by atoms with E-state index < -0.39 is 0 Å². The molecule has 2 amide bonds. The van der Waals surface area contributed by atoms with Crippen LogP contribution in [-0.2, 0) is 4.79 Å². The van der Waals surface area contributed by atoms with Crippen molar-refractivity contribution in [1.29, 1.82) is 0 Å². The molecule has 0 bridgehead atoms. The van der Waals surface area contributed by atoms with Crippen molar-refractivity contribution in [3.8, 4) is 0 Å². The molecule has 2 saturated heterocycles. The average Bonchev–Trinajstić information content (AvgIpc) is 2.68. The number of aromatic nitrogens is 1. The van der Waals surface area contributed by atoms with E-state index in [0.717, 1.165) is 52.0 Å². The van der Waals surface area contributed by atoms with Crippen LogP contribution in [0.15, 0.2) is 18.3 Å². The van der Waals surface area contributed by atoms with Crippen LogP contribution in [0, 0.1) is 5.41 Å². The number of hydrogen-bond acceptors (Lipinski definition) is 5. The van der Waals surface area contributed by atoms with E-state index in [1.54, 1.807) is 25.4 Å². The van der Waals surface area contributed by atoms with Crippen LogP contribution >= 0.6 is 0 Å². The van der Waals surface area contributed by atoms with Gasteiger partial charge in [0.2, 0.25) is 5.91 Å². The summed E-state index contributed by atoms with van der Waals surface area (Å²) < 4.78 is 0. The monoisotopic (exact) mass is 373 g/mol. The van der Waals surface area contributed by atoms with E-state index >= 15 is 0 Å². The number of carbonyl (C=O) groups is 2. The van der Waals surface area contributed by atoms with Gasteiger partial charge in [0.15, 0.2) is 0 Å². The third-order valence-electron chi connectivity index (χ3n) is 5.78. The number of piperidine rings is 2. The first-order valence-electron chi connectivity index (χ1n) is 9.78. The van der Waals surface area contributed by atoms with E-state index in [9.17, 15) is 9.59 Å². The lowest BCUT2D eigenvalue weighted by molar-refractivity contribution is -0.139. The zero-order valence-electron chi connectivity index (χ0n) is 16.7. The van der Waals surface area contributed by atoms with Gasteiger partial charge < -0.3 is 20.0 Å². The molecule has 148 valence electrons. The fourth-order valence-electron chi connectivity index (χ4n) is 4.22. The largest absolute Gasteiger partial charge is 0.373 e. The fraction of sp³-hybridized carbons (Fsp3) is 0.650. The standard InChI is InChI=1S/C20H31N5O2/c1-21-17-13-16(6-9-22-17)19(27)25-10-4-7-20(15-25)8-5-18(26)24(14-20)12-11-23(2)3/h6,9,13H,4-5,7-8,10-12,14-15H2,1-3H3,(H,21,22)/t20-/m0/s1. The van der Waals surface area contributed by atoms with Crippen molar-refractivity contribution in [3.63, 3.8) is 0 Å². The molecule has 0 radical (unpaired) electrons. The molecule has 1 spiro atoms. The molecule has 1 aromatic rings. The van der Waals surface area contributed by atoms with Gasteiger partial charge in [-0.3, -0.25) is 9.59 Å². The lowest BCUT2D eigenvalue weighted by Crippen LogP contribution is -2.55. The molecule has 3 heterocycles. The Morgan fingerprint density at radius 1 is 1.33 bits per heavy atom. The Morgan fingerprint density at radius 3 is 2.89 bits per heavy atom. The molecule has 7 nitrogen and oxygen atoms in total. The highest BCUT2D eigenvalue weighted by atomic mass is 16.2. The SMILES string of the molecule is CNc1cc(C(=O)N2CCC[C@@]3(CCC(=O)N(CCN(C)C)C3)C2)ccn1. The number of nitrogens with one attached hydrogen (secondary N) is 1. The lowest BCUT2D eigenvalue weighted by atomic mass is 9.73. The van der Waals surface area contributed by atoms with Gasteiger partial charge in [0.25, 0.3) is 5.91 Å². The van der Waals surface area contributed by atoms with Crippen LogP contribution in [0.2, 0.25) is 0 Å². The van der Waals surface area contributed by atoms with Gasteiger partial charge in [-0.15, -0.1) is 0 Å². The second kappa shape index (κ2) is 8.25. The van der Waals surface area contributed by atoms with Crippen LogP contribution in [0.5, 0.6) is 0 Å². The zero-order valence-corrected chi connectivity index (χ0v) is 16.7. The summed E-state index contributed by atoms with van der Waals surface area (Å²) in [6, 6.07) is 3.58. The second-order valence-corrected chi connectivity index (χ2v) is 8.13. The number of nitrogens with zero attached hydrogens (tertiary/aromatic N) is 4. The molecule has 2 aliphatic heterocycles. The van der Waals surface area contributed by atoms with Gasteiger partial charge in [-0.25, -0.2) is 4.98 Å². The summed E-state index contributed by atoms with van der Waals surface area (Å²) in [6.07, 6.45) is 5.22. The molecule has 0 aromatic carbocycles. The summed E-state index contributed by atoms with van der Waals surface area (Å²) >= 11 is 0. The molecule has 1 N–H and O–H groups in total. The first-order valence-corrected chi connectivity index (χ1v) is 9.78. The maximum atomic E-state index is 13.0. The molecule has 2 fully saturated rings. The van der Waals surface area contributed by atoms with Gasteiger partial charge in [-0.05, 0) is 45.5 Å². The summed E-state index contributed by atoms with van der Waals surface area (Å²) in [5, 5.41) is 2.99. The van der Waals surface area contributed by atoms with Crippen molar-refractivity contribution >= 4 is 17.6 Å².